The van der Waals surface area contributed by atoms with E-state index >= 15 is 0 Å². The van der Waals surface area contributed by atoms with Crippen LogP contribution in [-0.2, 0) is 12.7 Å². The first-order chi connectivity index (χ1) is 17.2. The van der Waals surface area contributed by atoms with Crippen molar-refractivity contribution in [2.45, 2.75) is 19.6 Å². The number of alkyl halides is 3. The summed E-state index contributed by atoms with van der Waals surface area (Å²) in [5.74, 6) is -0.442. The molecule has 182 valence electrons. The molecule has 0 unspecified atom stereocenters. The van der Waals surface area contributed by atoms with E-state index in [4.69, 9.17) is 11.6 Å². The molecule has 0 aliphatic rings. The molecule has 5 rings (SSSR count). The van der Waals surface area contributed by atoms with Gasteiger partial charge in [0.1, 0.15) is 0 Å². The minimum atomic E-state index is -4.73. The van der Waals surface area contributed by atoms with Crippen LogP contribution in [0.25, 0.3) is 16.9 Å². The first-order valence-corrected chi connectivity index (χ1v) is 11.2. The number of aromatic nitrogens is 5. The summed E-state index contributed by atoms with van der Waals surface area (Å²) in [5, 5.41) is 11.3. The number of hydrogen-bond acceptors (Lipinski definition) is 4. The maximum Gasteiger partial charge on any atom is 0.433 e. The zero-order valence-electron chi connectivity index (χ0n) is 18.8. The summed E-state index contributed by atoms with van der Waals surface area (Å²) in [7, 11) is 0. The van der Waals surface area contributed by atoms with Crippen LogP contribution in [0, 0.1) is 6.92 Å². The minimum absolute atomic E-state index is 0.0774. The van der Waals surface area contributed by atoms with E-state index in [1.165, 1.54) is 6.07 Å². The number of amides is 1. The van der Waals surface area contributed by atoms with Crippen LogP contribution in [0.5, 0.6) is 0 Å². The van der Waals surface area contributed by atoms with Crippen molar-refractivity contribution in [1.29, 1.82) is 0 Å². The van der Waals surface area contributed by atoms with Gasteiger partial charge in [-0.05, 0) is 30.7 Å². The van der Waals surface area contributed by atoms with Crippen LogP contribution in [0.2, 0.25) is 5.02 Å². The number of fused-ring (bicyclic) bond motifs is 1. The van der Waals surface area contributed by atoms with Crippen molar-refractivity contribution in [1.82, 2.24) is 24.4 Å². The van der Waals surface area contributed by atoms with Gasteiger partial charge in [-0.1, -0.05) is 54.1 Å². The van der Waals surface area contributed by atoms with Crippen LogP contribution in [-0.4, -0.2) is 30.3 Å². The van der Waals surface area contributed by atoms with Crippen molar-refractivity contribution in [2.75, 3.05) is 5.32 Å². The molecule has 0 radical (unpaired) electrons. The highest BCUT2D eigenvalue weighted by molar-refractivity contribution is 6.30. The molecule has 0 aliphatic heterocycles. The maximum absolute atomic E-state index is 13.8. The summed E-state index contributed by atoms with van der Waals surface area (Å²) >= 11 is 5.89. The fourth-order valence-electron chi connectivity index (χ4n) is 3.72. The number of aryl methyl sites for hydroxylation is 1. The summed E-state index contributed by atoms with van der Waals surface area (Å²) in [6, 6.07) is 19.7. The number of hydrogen-bond donors (Lipinski definition) is 1. The molecule has 1 N–H and O–H groups in total. The summed E-state index contributed by atoms with van der Waals surface area (Å²) in [6.45, 7) is 2.34. The van der Waals surface area contributed by atoms with Crippen molar-refractivity contribution in [2.24, 2.45) is 0 Å². The Bertz CT molecular complexity index is 1560. The normalized spacial score (nSPS) is 11.7. The molecule has 5 aromatic rings. The Hall–Kier alpha value is -4.18. The first kappa shape index (κ1) is 23.6. The van der Waals surface area contributed by atoms with Crippen LogP contribution < -0.4 is 5.32 Å². The Morgan fingerprint density at radius 2 is 1.72 bits per heavy atom. The number of carbonyl (C=O) groups excluding carboxylic acids is 1. The molecule has 0 fully saturated rings. The minimum Gasteiger partial charge on any atom is -0.304 e. The Kier molecular flexibility index (Phi) is 5.97. The summed E-state index contributed by atoms with van der Waals surface area (Å²) in [5.41, 5.74) is 0.955. The van der Waals surface area contributed by atoms with E-state index in [-0.39, 0.29) is 22.9 Å². The van der Waals surface area contributed by atoms with Gasteiger partial charge >= 0.3 is 6.18 Å². The summed E-state index contributed by atoms with van der Waals surface area (Å²) < 4.78 is 43.9. The second-order valence-corrected chi connectivity index (χ2v) is 8.54. The second kappa shape index (κ2) is 9.12. The monoisotopic (exact) mass is 510 g/mol. The molecular formula is C25H18ClF3N6O. The Morgan fingerprint density at radius 1 is 1.00 bits per heavy atom. The SMILES string of the molecule is Cc1cc(NC(=O)c2cc3nc(-c4ccc(Cl)cc4)cc(C(F)(F)F)n3n2)nn1Cc1ccccc1. The molecular weight excluding hydrogens is 493 g/mol. The summed E-state index contributed by atoms with van der Waals surface area (Å²) in [4.78, 5) is 17.1. The highest BCUT2D eigenvalue weighted by Crippen LogP contribution is 2.32. The predicted molar refractivity (Wildman–Crippen MR) is 129 cm³/mol. The van der Waals surface area contributed by atoms with Gasteiger partial charge in [-0.2, -0.15) is 23.4 Å². The molecule has 0 aliphatic carbocycles. The zero-order valence-corrected chi connectivity index (χ0v) is 19.5. The quantitative estimate of drug-likeness (QED) is 0.320. The molecule has 3 aromatic heterocycles. The molecule has 0 saturated carbocycles. The zero-order chi connectivity index (χ0) is 25.4. The van der Waals surface area contributed by atoms with E-state index in [9.17, 15) is 18.0 Å². The van der Waals surface area contributed by atoms with Gasteiger partial charge in [-0.15, -0.1) is 0 Å². The molecule has 3 heterocycles. The van der Waals surface area contributed by atoms with E-state index in [2.05, 4.69) is 20.5 Å². The van der Waals surface area contributed by atoms with Gasteiger partial charge in [0.05, 0.1) is 12.2 Å². The maximum atomic E-state index is 13.8. The highest BCUT2D eigenvalue weighted by Gasteiger charge is 2.35. The molecule has 0 bridgehead atoms. The third kappa shape index (κ3) is 4.80. The van der Waals surface area contributed by atoms with E-state index in [0.29, 0.717) is 21.6 Å². The van der Waals surface area contributed by atoms with Gasteiger partial charge in [0.25, 0.3) is 5.91 Å². The lowest BCUT2D eigenvalue weighted by atomic mass is 10.1. The average molecular weight is 511 g/mol. The largest absolute Gasteiger partial charge is 0.433 e. The number of carbonyl (C=O) groups is 1. The van der Waals surface area contributed by atoms with Crippen molar-refractivity contribution in [3.63, 3.8) is 0 Å². The molecule has 0 saturated heterocycles. The number of nitrogens with zero attached hydrogens (tertiary/aromatic N) is 5. The van der Waals surface area contributed by atoms with Gasteiger partial charge in [0, 0.05) is 28.4 Å². The van der Waals surface area contributed by atoms with Gasteiger partial charge < -0.3 is 5.32 Å². The van der Waals surface area contributed by atoms with Gasteiger partial charge in [-0.3, -0.25) is 9.48 Å². The van der Waals surface area contributed by atoms with Crippen LogP contribution in [0.1, 0.15) is 27.4 Å². The molecule has 11 heteroatoms. The van der Waals surface area contributed by atoms with Crippen molar-refractivity contribution >= 4 is 29.0 Å². The van der Waals surface area contributed by atoms with E-state index < -0.39 is 17.8 Å². The average Bonchev–Trinajstić information content (AvgIpc) is 3.42. The standard InChI is InChI=1S/C25H18ClF3N6O/c1-15-11-22(33-34(15)14-16-5-3-2-4-6-16)31-24(36)20-13-23-30-19(17-7-9-18(26)10-8-17)12-21(25(27,28)29)35(23)32-20/h2-13H,14H2,1H3,(H,31,33,36). The third-order valence-corrected chi connectivity index (χ3v) is 5.74. The molecule has 2 aromatic carbocycles. The molecule has 36 heavy (non-hydrogen) atoms. The molecule has 7 nitrogen and oxygen atoms in total. The van der Waals surface area contributed by atoms with E-state index in [1.807, 2.05) is 37.3 Å². The Morgan fingerprint density at radius 3 is 2.42 bits per heavy atom. The van der Waals surface area contributed by atoms with E-state index in [0.717, 1.165) is 17.3 Å². The lowest BCUT2D eigenvalue weighted by Gasteiger charge is -2.11. The smallest absolute Gasteiger partial charge is 0.304 e. The second-order valence-electron chi connectivity index (χ2n) is 8.10. The fraction of sp³-hybridized carbons (Fsp3) is 0.120. The fourth-order valence-corrected chi connectivity index (χ4v) is 3.85. The van der Waals surface area contributed by atoms with Crippen molar-refractivity contribution in [3.8, 4) is 11.3 Å². The highest BCUT2D eigenvalue weighted by atomic mass is 35.5. The predicted octanol–water partition coefficient (Wildman–Crippen LogP) is 5.87. The lowest BCUT2D eigenvalue weighted by Crippen LogP contribution is -2.16. The molecule has 0 spiro atoms. The van der Waals surface area contributed by atoms with Crippen LogP contribution in [0.3, 0.4) is 0 Å². The van der Waals surface area contributed by atoms with Gasteiger partial charge in [0.15, 0.2) is 22.9 Å². The van der Waals surface area contributed by atoms with Crippen LogP contribution in [0.4, 0.5) is 19.0 Å². The lowest BCUT2D eigenvalue weighted by molar-refractivity contribution is -0.142. The number of anilines is 1. The van der Waals surface area contributed by atoms with Crippen molar-refractivity contribution in [3.05, 3.63) is 100 Å². The third-order valence-electron chi connectivity index (χ3n) is 5.49. The number of nitrogens with one attached hydrogen (secondary N) is 1. The van der Waals surface area contributed by atoms with Crippen LogP contribution in [0.15, 0.2) is 72.8 Å². The Balaban J connectivity index is 1.45. The number of rotatable bonds is 5. The number of halogens is 4. The van der Waals surface area contributed by atoms with Gasteiger partial charge in [0.2, 0.25) is 0 Å². The number of benzene rings is 2. The van der Waals surface area contributed by atoms with Crippen molar-refractivity contribution < 1.29 is 18.0 Å². The molecule has 1 amide bonds. The Labute approximate surface area is 208 Å². The molecule has 0 atom stereocenters. The van der Waals surface area contributed by atoms with Crippen LogP contribution >= 0.6 is 11.6 Å². The topological polar surface area (TPSA) is 77.1 Å². The van der Waals surface area contributed by atoms with E-state index in [1.54, 1.807) is 35.0 Å². The van der Waals surface area contributed by atoms with Gasteiger partial charge in [-0.25, -0.2) is 9.50 Å². The summed E-state index contributed by atoms with van der Waals surface area (Å²) in [6.07, 6.45) is -4.73. The first-order valence-electron chi connectivity index (χ1n) is 10.8.